The summed E-state index contributed by atoms with van der Waals surface area (Å²) < 4.78 is 55.8. The van der Waals surface area contributed by atoms with Crippen LogP contribution in [0.25, 0.3) is 0 Å². The highest BCUT2D eigenvalue weighted by molar-refractivity contribution is 7.93. The molecule has 0 radical (unpaired) electrons. The zero-order chi connectivity index (χ0) is 21.9. The van der Waals surface area contributed by atoms with Crippen molar-refractivity contribution in [2.45, 2.75) is 9.79 Å². The molecule has 3 rings (SSSR count). The van der Waals surface area contributed by atoms with E-state index in [1.807, 2.05) is 0 Å². The molecule has 158 valence electrons. The molecule has 0 atom stereocenters. The fourth-order valence-electron chi connectivity index (χ4n) is 2.51. The molecular formula is C19H17Cl2N3O4S2. The highest BCUT2D eigenvalue weighted by atomic mass is 35.5. The Hall–Kier alpha value is -2.46. The van der Waals surface area contributed by atoms with Gasteiger partial charge < -0.3 is 5.32 Å². The van der Waals surface area contributed by atoms with E-state index in [9.17, 15) is 16.8 Å². The zero-order valence-corrected chi connectivity index (χ0v) is 18.7. The van der Waals surface area contributed by atoms with Crippen molar-refractivity contribution in [2.24, 2.45) is 0 Å². The summed E-state index contributed by atoms with van der Waals surface area (Å²) in [5.41, 5.74) is 0.689. The Kier molecular flexibility index (Phi) is 6.47. The molecular weight excluding hydrogens is 469 g/mol. The van der Waals surface area contributed by atoms with E-state index in [4.69, 9.17) is 23.2 Å². The summed E-state index contributed by atoms with van der Waals surface area (Å²) >= 11 is 11.6. The van der Waals surface area contributed by atoms with E-state index in [2.05, 4.69) is 14.8 Å². The number of hydrogen-bond acceptors (Lipinski definition) is 5. The van der Waals surface area contributed by atoms with Gasteiger partial charge in [0.2, 0.25) is 0 Å². The van der Waals surface area contributed by atoms with E-state index in [1.54, 1.807) is 13.1 Å². The van der Waals surface area contributed by atoms with Crippen LogP contribution in [0.5, 0.6) is 0 Å². The summed E-state index contributed by atoms with van der Waals surface area (Å²) in [7, 11) is -6.31. The van der Waals surface area contributed by atoms with Crippen molar-refractivity contribution >= 4 is 60.3 Å². The highest BCUT2D eigenvalue weighted by Gasteiger charge is 2.20. The Labute approximate surface area is 185 Å². The molecule has 0 aromatic heterocycles. The van der Waals surface area contributed by atoms with E-state index >= 15 is 0 Å². The van der Waals surface area contributed by atoms with Crippen LogP contribution in [0.15, 0.2) is 76.5 Å². The van der Waals surface area contributed by atoms with Crippen LogP contribution >= 0.6 is 23.2 Å². The van der Waals surface area contributed by atoms with Gasteiger partial charge in [-0.3, -0.25) is 9.44 Å². The second-order valence-corrected chi connectivity index (χ2v) is 10.4. The van der Waals surface area contributed by atoms with E-state index < -0.39 is 20.0 Å². The number of benzene rings is 3. The van der Waals surface area contributed by atoms with Gasteiger partial charge in [-0.1, -0.05) is 23.2 Å². The average Bonchev–Trinajstić information content (AvgIpc) is 2.69. The van der Waals surface area contributed by atoms with Gasteiger partial charge in [-0.2, -0.15) is 0 Å². The van der Waals surface area contributed by atoms with Crippen LogP contribution in [-0.4, -0.2) is 23.9 Å². The Morgan fingerprint density at radius 3 is 1.50 bits per heavy atom. The maximum Gasteiger partial charge on any atom is 0.261 e. The van der Waals surface area contributed by atoms with Crippen LogP contribution in [0.3, 0.4) is 0 Å². The third-order valence-electron chi connectivity index (χ3n) is 4.04. The van der Waals surface area contributed by atoms with Crippen LogP contribution in [0.2, 0.25) is 10.0 Å². The van der Waals surface area contributed by atoms with Gasteiger partial charge in [-0.05, 0) is 66.7 Å². The van der Waals surface area contributed by atoms with Gasteiger partial charge >= 0.3 is 0 Å². The molecule has 0 saturated heterocycles. The summed E-state index contributed by atoms with van der Waals surface area (Å²) in [5, 5.41) is 3.67. The molecule has 0 unspecified atom stereocenters. The number of hydrogen-bond donors (Lipinski definition) is 3. The molecule has 0 aliphatic carbocycles. The number of anilines is 3. The Morgan fingerprint density at radius 2 is 1.07 bits per heavy atom. The Balaban J connectivity index is 1.98. The van der Waals surface area contributed by atoms with Gasteiger partial charge in [0.1, 0.15) is 0 Å². The molecule has 11 heteroatoms. The number of rotatable bonds is 7. The van der Waals surface area contributed by atoms with Crippen molar-refractivity contribution in [3.05, 3.63) is 76.8 Å². The lowest BCUT2D eigenvalue weighted by Crippen LogP contribution is -2.17. The molecule has 3 aromatic rings. The lowest BCUT2D eigenvalue weighted by molar-refractivity contribution is 0.599. The molecule has 0 amide bonds. The maximum absolute atomic E-state index is 12.8. The first-order valence-corrected chi connectivity index (χ1v) is 12.2. The predicted octanol–water partition coefficient (Wildman–Crippen LogP) is 4.64. The molecule has 0 aliphatic rings. The van der Waals surface area contributed by atoms with Gasteiger partial charge in [-0.25, -0.2) is 16.8 Å². The van der Waals surface area contributed by atoms with Gasteiger partial charge in [0.15, 0.2) is 0 Å². The van der Waals surface area contributed by atoms with Gasteiger partial charge in [0.25, 0.3) is 20.0 Å². The summed E-state index contributed by atoms with van der Waals surface area (Å²) in [5.74, 6) is 0. The van der Waals surface area contributed by atoms with Crippen molar-refractivity contribution < 1.29 is 16.8 Å². The van der Waals surface area contributed by atoms with Crippen molar-refractivity contribution in [2.75, 3.05) is 21.8 Å². The fourth-order valence-corrected chi connectivity index (χ4v) is 4.91. The molecule has 0 bridgehead atoms. The first-order chi connectivity index (χ1) is 14.1. The number of sulfonamides is 2. The molecule has 0 heterocycles. The molecule has 7 nitrogen and oxygen atoms in total. The van der Waals surface area contributed by atoms with Crippen molar-refractivity contribution in [3.63, 3.8) is 0 Å². The van der Waals surface area contributed by atoms with Crippen LogP contribution in [0.1, 0.15) is 0 Å². The lowest BCUT2D eigenvalue weighted by Gasteiger charge is -2.16. The van der Waals surface area contributed by atoms with Gasteiger partial charge in [0, 0.05) is 22.8 Å². The largest absolute Gasteiger partial charge is 0.388 e. The van der Waals surface area contributed by atoms with Gasteiger partial charge in [-0.15, -0.1) is 0 Å². The van der Waals surface area contributed by atoms with E-state index in [0.717, 1.165) is 0 Å². The highest BCUT2D eigenvalue weighted by Crippen LogP contribution is 2.30. The quantitative estimate of drug-likeness (QED) is 0.452. The smallest absolute Gasteiger partial charge is 0.261 e. The molecule has 0 aliphatic heterocycles. The maximum atomic E-state index is 12.8. The van der Waals surface area contributed by atoms with Crippen molar-refractivity contribution in [1.29, 1.82) is 0 Å². The molecule has 0 fully saturated rings. The van der Waals surface area contributed by atoms with Crippen molar-refractivity contribution in [1.82, 2.24) is 0 Å². The number of nitrogens with one attached hydrogen (secondary N) is 3. The molecule has 3 N–H and O–H groups in total. The van der Waals surface area contributed by atoms with Crippen LogP contribution in [0.4, 0.5) is 17.1 Å². The Bertz CT molecular complexity index is 1260. The van der Waals surface area contributed by atoms with Gasteiger partial charge in [0.05, 0.1) is 21.2 Å². The summed E-state index contributed by atoms with van der Waals surface area (Å²) in [6, 6.07) is 15.7. The topological polar surface area (TPSA) is 104 Å². The first kappa shape index (κ1) is 22.2. The zero-order valence-electron chi connectivity index (χ0n) is 15.6. The van der Waals surface area contributed by atoms with Crippen LogP contribution in [0, 0.1) is 0 Å². The minimum Gasteiger partial charge on any atom is -0.388 e. The second kappa shape index (κ2) is 8.73. The number of halogens is 2. The first-order valence-electron chi connectivity index (χ1n) is 8.49. The monoisotopic (exact) mass is 485 g/mol. The summed E-state index contributed by atoms with van der Waals surface area (Å²) in [6.07, 6.45) is 0. The minimum atomic E-state index is -3.99. The normalized spacial score (nSPS) is 11.7. The van der Waals surface area contributed by atoms with Crippen LogP contribution < -0.4 is 14.8 Å². The molecule has 0 saturated carbocycles. The van der Waals surface area contributed by atoms with E-state index in [1.165, 1.54) is 60.7 Å². The Morgan fingerprint density at radius 1 is 0.633 bits per heavy atom. The van der Waals surface area contributed by atoms with Crippen LogP contribution in [-0.2, 0) is 20.0 Å². The second-order valence-electron chi connectivity index (χ2n) is 6.13. The fraction of sp³-hybridized carbons (Fsp3) is 0.0526. The lowest BCUT2D eigenvalue weighted by atomic mass is 10.2. The third-order valence-corrected chi connectivity index (χ3v) is 7.31. The molecule has 3 aromatic carbocycles. The summed E-state index contributed by atoms with van der Waals surface area (Å²) in [6.45, 7) is 0. The summed E-state index contributed by atoms with van der Waals surface area (Å²) in [4.78, 5) is -0.0376. The SMILES string of the molecule is CNc1ccc(NS(=O)(=O)c2ccc(Cl)cc2)c(NS(=O)(=O)c2ccc(Cl)cc2)c1. The average molecular weight is 486 g/mol. The third kappa shape index (κ3) is 5.17. The molecule has 0 spiro atoms. The van der Waals surface area contributed by atoms with E-state index in [0.29, 0.717) is 15.7 Å². The minimum absolute atomic E-state index is 0.0175. The van der Waals surface area contributed by atoms with Crippen molar-refractivity contribution in [3.8, 4) is 0 Å². The standard InChI is InChI=1S/C19H17Cl2N3O4S2/c1-22-15-6-11-18(23-29(25,26)16-7-2-13(20)3-8-16)19(12-15)24-30(27,28)17-9-4-14(21)5-10-17/h2-12,22-24H,1H3. The molecule has 30 heavy (non-hydrogen) atoms. The van der Waals surface area contributed by atoms with E-state index in [-0.39, 0.29) is 21.2 Å². The predicted molar refractivity (Wildman–Crippen MR) is 121 cm³/mol.